The summed E-state index contributed by atoms with van der Waals surface area (Å²) in [4.78, 5) is 119. The highest BCUT2D eigenvalue weighted by Gasteiger charge is 2.38. The molecule has 25 nitrogen and oxygen atoms in total. The van der Waals surface area contributed by atoms with Gasteiger partial charge in [0.15, 0.2) is 27.9 Å². The zero-order chi connectivity index (χ0) is 87.1. The van der Waals surface area contributed by atoms with Crippen LogP contribution in [0.2, 0.25) is 0 Å². The molecule has 20 rings (SSSR count). The molecule has 5 saturated carbocycles. The van der Waals surface area contributed by atoms with Gasteiger partial charge < -0.3 is 46.3 Å². The molecule has 5 heterocycles. The molecule has 15 aromatic rings. The summed E-state index contributed by atoms with van der Waals surface area (Å²) < 4.78 is 77.2. The quantitative estimate of drug-likeness (QED) is 0.0536. The van der Waals surface area contributed by atoms with Crippen molar-refractivity contribution in [1.29, 1.82) is 0 Å². The van der Waals surface area contributed by atoms with E-state index < -0.39 is 12.5 Å². The molecule has 0 saturated heterocycles. The van der Waals surface area contributed by atoms with E-state index >= 15 is 0 Å². The molecular formula is C98H89F2N5O20. The molecule has 0 unspecified atom stereocenters. The number of unbranched alkanes of at least 4 members (excludes halogenated alkanes) is 2. The summed E-state index contributed by atoms with van der Waals surface area (Å²) in [7, 11) is 6.71. The molecule has 0 amide bonds. The van der Waals surface area contributed by atoms with E-state index in [0.717, 1.165) is 133 Å². The van der Waals surface area contributed by atoms with Crippen molar-refractivity contribution in [1.82, 2.24) is 25.8 Å². The standard InChI is InChI=1S/2C22H23NO4.C18H13F2NO4.2C18H15NO4/c2*1-26-11-3-2-4-14-5-8-17-15(12-14)6-10-20-21(17)22(23-27-20)18-9-7-16(24)13-19(18)25;19-18(20)24-11-3-5-12-9(7-11)1-6-15-16(12)17(21-25-15)13-4-2-10(22)8-14(13)23;2*1-22-12-4-6-13-10(8-12)2-7-16-17(13)18(19-23-16)14-5-3-11(20)9-15(14)21/h2*5-6,8,10,12,18H,2-4,7,9,11,13H2,1H3;1,3,5-7,13,18H,2,4,8H2;2*2,4,6-8,14H,3,5,9H2,1H3/t2*18-;13-;2*14-/m10010/s1. The second-order valence-electron chi connectivity index (χ2n) is 32.3. The first-order valence-electron chi connectivity index (χ1n) is 42.0. The van der Waals surface area contributed by atoms with Crippen molar-refractivity contribution < 1.29 is 103 Å². The summed E-state index contributed by atoms with van der Waals surface area (Å²) in [5.41, 5.74) is 8.93. The van der Waals surface area contributed by atoms with E-state index in [1.807, 2.05) is 84.9 Å². The van der Waals surface area contributed by atoms with Crippen molar-refractivity contribution in [2.75, 3.05) is 41.7 Å². The van der Waals surface area contributed by atoms with Crippen molar-refractivity contribution in [3.8, 4) is 17.2 Å². The lowest BCUT2D eigenvalue weighted by Gasteiger charge is -2.18. The van der Waals surface area contributed by atoms with Crippen LogP contribution < -0.4 is 14.2 Å². The lowest BCUT2D eigenvalue weighted by molar-refractivity contribution is -0.132. The molecule has 0 bridgehead atoms. The van der Waals surface area contributed by atoms with Crippen molar-refractivity contribution in [3.05, 3.63) is 191 Å². The van der Waals surface area contributed by atoms with Gasteiger partial charge in [0.1, 0.15) is 104 Å². The summed E-state index contributed by atoms with van der Waals surface area (Å²) >= 11 is 0. The molecule has 0 spiro atoms. The van der Waals surface area contributed by atoms with E-state index in [1.54, 1.807) is 46.6 Å². The van der Waals surface area contributed by atoms with Crippen LogP contribution in [0.15, 0.2) is 174 Å². The molecule has 5 aliphatic rings. The van der Waals surface area contributed by atoms with Crippen LogP contribution in [0.3, 0.4) is 0 Å². The Morgan fingerprint density at radius 3 is 0.808 bits per heavy atom. The van der Waals surface area contributed by atoms with Gasteiger partial charge in [-0.1, -0.05) is 92.5 Å². The average Bonchev–Trinajstić information content (AvgIpc) is 1.67. The zero-order valence-corrected chi connectivity index (χ0v) is 69.3. The number of aromatic nitrogens is 5. The number of rotatable bonds is 19. The van der Waals surface area contributed by atoms with Gasteiger partial charge >= 0.3 is 6.61 Å². The summed E-state index contributed by atoms with van der Waals surface area (Å²) in [5.74, 6) is -0.695. The Morgan fingerprint density at radius 1 is 0.312 bits per heavy atom. The minimum atomic E-state index is -2.90. The fourth-order valence-corrected chi connectivity index (χ4v) is 17.9. The van der Waals surface area contributed by atoms with E-state index in [0.29, 0.717) is 131 Å². The Balaban J connectivity index is 0.000000115. The zero-order valence-electron chi connectivity index (χ0n) is 69.3. The average molecular weight is 1690 g/mol. The first-order chi connectivity index (χ1) is 60.7. The fraction of sp³-hybridized carbons (Fsp3) is 0.337. The smallest absolute Gasteiger partial charge is 0.387 e. The monoisotopic (exact) mass is 1690 g/mol. The van der Waals surface area contributed by atoms with Crippen molar-refractivity contribution in [2.24, 2.45) is 0 Å². The number of benzene rings is 10. The van der Waals surface area contributed by atoms with Crippen molar-refractivity contribution in [2.45, 2.75) is 171 Å². The first kappa shape index (κ1) is 85.3. The number of nitrogens with zero attached hydrogens (tertiary/aromatic N) is 5. The maximum atomic E-state index is 12.4. The van der Waals surface area contributed by atoms with Crippen molar-refractivity contribution in [3.63, 3.8) is 0 Å². The maximum Gasteiger partial charge on any atom is 0.387 e. The molecule has 125 heavy (non-hydrogen) atoms. The number of hydrogen-bond acceptors (Lipinski definition) is 25. The number of alkyl halides is 2. The van der Waals surface area contributed by atoms with E-state index in [1.165, 1.54) is 23.3 Å². The number of ether oxygens (including phenoxy) is 5. The third-order valence-corrected chi connectivity index (χ3v) is 24.3. The number of Topliss-reactive ketones (excluding diaryl/α,β-unsaturated/α-hetero) is 10. The van der Waals surface area contributed by atoms with Gasteiger partial charge in [-0.15, -0.1) is 0 Å². The Bertz CT molecular complexity index is 6430. The first-order valence-corrected chi connectivity index (χ1v) is 42.0. The van der Waals surface area contributed by atoms with Gasteiger partial charge in [0, 0.05) is 59.5 Å². The van der Waals surface area contributed by atoms with E-state index in [2.05, 4.69) is 66.9 Å². The number of fused-ring (bicyclic) bond motifs is 15. The molecular weight excluding hydrogens is 1610 g/mol. The SMILES string of the molecule is COCCCCc1ccc2c(ccc3onc([C@@H]4CCC(=O)CC4=O)c32)c1.COCCCCc1ccc2c(ccc3onc([C@H]4CCC(=O)CC4=O)c32)c1.COc1ccc2c(ccc3onc([C@@H]4CCC(=O)CC4=O)c32)c1.COc1ccc2c(ccc3onc([C@H]4CCC(=O)CC4=O)c32)c1.O=C1CC[C@H](c2noc3ccc4cc(OC(F)F)ccc4c23)C(=O)C1. The molecule has 5 aliphatic carbocycles. The van der Waals surface area contributed by atoms with E-state index in [-0.39, 0.29) is 119 Å². The number of carbonyl (C=O) groups is 10. The maximum absolute atomic E-state index is 12.4. The minimum Gasteiger partial charge on any atom is -0.497 e. The second kappa shape index (κ2) is 37.8. The molecule has 27 heteroatoms. The van der Waals surface area contributed by atoms with Crippen molar-refractivity contribution >= 4 is 167 Å². The van der Waals surface area contributed by atoms with Gasteiger partial charge in [0.25, 0.3) is 0 Å². The second-order valence-corrected chi connectivity index (χ2v) is 32.3. The Hall–Kier alpha value is -13.3. The van der Waals surface area contributed by atoms with Gasteiger partial charge in [-0.3, -0.25) is 47.9 Å². The predicted molar refractivity (Wildman–Crippen MR) is 460 cm³/mol. The van der Waals surface area contributed by atoms with Gasteiger partial charge in [-0.05, 0) is 221 Å². The van der Waals surface area contributed by atoms with Gasteiger partial charge in [0.05, 0.1) is 103 Å². The van der Waals surface area contributed by atoms with Crippen LogP contribution in [0.1, 0.15) is 191 Å². The number of hydrogen-bond donors (Lipinski definition) is 0. The minimum absolute atomic E-state index is 0.00237. The molecule has 5 aromatic heterocycles. The third kappa shape index (κ3) is 18.4. The van der Waals surface area contributed by atoms with Crippen LogP contribution in [0.4, 0.5) is 8.78 Å². The topological polar surface area (TPSA) is 347 Å². The highest BCUT2D eigenvalue weighted by Crippen LogP contribution is 2.44. The molecule has 640 valence electrons. The highest BCUT2D eigenvalue weighted by atomic mass is 19.3. The molecule has 0 aliphatic heterocycles. The molecule has 5 atom stereocenters. The number of carbonyl (C=O) groups excluding carboxylic acids is 10. The van der Waals surface area contributed by atoms with Gasteiger partial charge in [0.2, 0.25) is 0 Å². The van der Waals surface area contributed by atoms with Gasteiger partial charge in [-0.2, -0.15) is 8.78 Å². The number of aryl methyl sites for hydroxylation is 2. The molecule has 5 fully saturated rings. The lowest BCUT2D eigenvalue weighted by Crippen LogP contribution is -2.23. The number of methoxy groups -OCH3 is 4. The molecule has 10 aromatic carbocycles. The predicted octanol–water partition coefficient (Wildman–Crippen LogP) is 19.5. The number of ketones is 10. The molecule has 0 N–H and O–H groups in total. The summed E-state index contributed by atoms with van der Waals surface area (Å²) in [6.45, 7) is -1.32. The van der Waals surface area contributed by atoms with E-state index in [4.69, 9.17) is 41.6 Å². The van der Waals surface area contributed by atoms with Crippen LogP contribution >= 0.6 is 0 Å². The third-order valence-electron chi connectivity index (χ3n) is 24.3. The molecule has 0 radical (unpaired) electrons. The largest absolute Gasteiger partial charge is 0.497 e. The Morgan fingerprint density at radius 2 is 0.560 bits per heavy atom. The van der Waals surface area contributed by atoms with E-state index in [9.17, 15) is 56.7 Å². The summed E-state index contributed by atoms with van der Waals surface area (Å²) in [5, 5.41) is 34.7. The summed E-state index contributed by atoms with van der Waals surface area (Å²) in [6, 6.07) is 47.9. The van der Waals surface area contributed by atoms with Crippen LogP contribution in [0, 0.1) is 0 Å². The normalized spacial score (nSPS) is 18.3. The Kier molecular flexibility index (Phi) is 25.8. The van der Waals surface area contributed by atoms with Crippen LogP contribution in [0.5, 0.6) is 17.2 Å². The summed E-state index contributed by atoms with van der Waals surface area (Å²) in [6.07, 6.45) is 10.7. The number of halogens is 2. The fourth-order valence-electron chi connectivity index (χ4n) is 17.9. The van der Waals surface area contributed by atoms with Crippen LogP contribution in [-0.4, -0.2) is 132 Å². The van der Waals surface area contributed by atoms with Crippen LogP contribution in [-0.2, 0) is 70.3 Å². The highest BCUT2D eigenvalue weighted by molar-refractivity contribution is 6.16. The lowest BCUT2D eigenvalue weighted by atomic mass is 9.83. The Labute approximate surface area is 713 Å². The van der Waals surface area contributed by atoms with Gasteiger partial charge in [-0.25, -0.2) is 0 Å². The van der Waals surface area contributed by atoms with Crippen LogP contribution in [0.25, 0.3) is 109 Å².